The summed E-state index contributed by atoms with van der Waals surface area (Å²) in [5.74, 6) is 0.0823. The monoisotopic (exact) mass is 206 g/mol. The Morgan fingerprint density at radius 2 is 1.92 bits per heavy atom. The lowest BCUT2D eigenvalue weighted by Crippen LogP contribution is -2.27. The molecule has 0 spiro atoms. The maximum absolute atomic E-state index is 10.7. The lowest BCUT2D eigenvalue weighted by Gasteiger charge is -2.17. The van der Waals surface area contributed by atoms with Crippen molar-refractivity contribution in [2.75, 3.05) is 12.4 Å². The smallest absolute Gasteiger partial charge is 0.319 e. The molecule has 78 valence electrons. The van der Waals surface area contributed by atoms with Crippen molar-refractivity contribution in [2.45, 2.75) is 37.9 Å². The van der Waals surface area contributed by atoms with Gasteiger partial charge in [0, 0.05) is 6.61 Å². The number of hydrogen-bond donors (Lipinski definition) is 2. The average Bonchev–Trinajstić information content (AvgIpc) is 2.03. The van der Waals surface area contributed by atoms with Crippen LogP contribution in [0.2, 0.25) is 0 Å². The highest BCUT2D eigenvalue weighted by atomic mass is 32.2. The number of aliphatic carboxylic acids is 1. The van der Waals surface area contributed by atoms with E-state index in [0.29, 0.717) is 0 Å². The molecular formula is C9H18O3S. The standard InChI is InChI=1S/C9H18O3S/c1-9(2,8(11)12)13-7-5-3-4-6-10/h10H,3-7H2,1-2H3,(H,11,12). The Kier molecular flexibility index (Phi) is 6.16. The molecule has 0 aromatic rings. The van der Waals surface area contributed by atoms with E-state index in [-0.39, 0.29) is 6.61 Å². The molecule has 0 aromatic heterocycles. The highest BCUT2D eigenvalue weighted by molar-refractivity contribution is 8.01. The van der Waals surface area contributed by atoms with Crippen LogP contribution >= 0.6 is 11.8 Å². The van der Waals surface area contributed by atoms with Crippen LogP contribution in [-0.4, -0.2) is 33.3 Å². The predicted octanol–water partition coefficient (Wildman–Crippen LogP) is 1.75. The molecule has 0 unspecified atom stereocenters. The van der Waals surface area contributed by atoms with Crippen LogP contribution in [0.25, 0.3) is 0 Å². The quantitative estimate of drug-likeness (QED) is 0.623. The van der Waals surface area contributed by atoms with E-state index in [9.17, 15) is 4.79 Å². The molecule has 0 bridgehead atoms. The van der Waals surface area contributed by atoms with Crippen molar-refractivity contribution in [3.8, 4) is 0 Å². The van der Waals surface area contributed by atoms with Gasteiger partial charge < -0.3 is 10.2 Å². The lowest BCUT2D eigenvalue weighted by atomic mass is 10.2. The van der Waals surface area contributed by atoms with Gasteiger partial charge in [-0.2, -0.15) is 0 Å². The average molecular weight is 206 g/mol. The summed E-state index contributed by atoms with van der Waals surface area (Å²) in [5.41, 5.74) is 0. The first-order chi connectivity index (χ1) is 6.00. The van der Waals surface area contributed by atoms with Crippen LogP contribution in [0.15, 0.2) is 0 Å². The maximum Gasteiger partial charge on any atom is 0.319 e. The van der Waals surface area contributed by atoms with Gasteiger partial charge in [0.1, 0.15) is 4.75 Å². The molecule has 0 saturated carbocycles. The van der Waals surface area contributed by atoms with Gasteiger partial charge in [0.2, 0.25) is 0 Å². The third-order valence-corrected chi connectivity index (χ3v) is 3.17. The van der Waals surface area contributed by atoms with Crippen LogP contribution < -0.4 is 0 Å². The van der Waals surface area contributed by atoms with E-state index in [0.717, 1.165) is 25.0 Å². The summed E-state index contributed by atoms with van der Waals surface area (Å²) in [5, 5.41) is 17.3. The number of carboxylic acid groups (broad SMARTS) is 1. The molecule has 0 saturated heterocycles. The summed E-state index contributed by atoms with van der Waals surface area (Å²) in [6, 6.07) is 0. The van der Waals surface area contributed by atoms with Gasteiger partial charge in [-0.05, 0) is 32.4 Å². The molecule has 0 aliphatic carbocycles. The van der Waals surface area contributed by atoms with Crippen molar-refractivity contribution >= 4 is 17.7 Å². The van der Waals surface area contributed by atoms with Gasteiger partial charge in [0.25, 0.3) is 0 Å². The zero-order chi connectivity index (χ0) is 10.3. The van der Waals surface area contributed by atoms with Crippen molar-refractivity contribution in [2.24, 2.45) is 0 Å². The lowest BCUT2D eigenvalue weighted by molar-refractivity contribution is -0.138. The van der Waals surface area contributed by atoms with Crippen LogP contribution in [-0.2, 0) is 4.79 Å². The van der Waals surface area contributed by atoms with E-state index in [4.69, 9.17) is 10.2 Å². The fourth-order valence-electron chi connectivity index (χ4n) is 0.780. The zero-order valence-electron chi connectivity index (χ0n) is 8.25. The molecule has 0 aliphatic heterocycles. The summed E-state index contributed by atoms with van der Waals surface area (Å²) in [7, 11) is 0. The molecule has 3 nitrogen and oxygen atoms in total. The van der Waals surface area contributed by atoms with Gasteiger partial charge >= 0.3 is 5.97 Å². The Balaban J connectivity index is 3.46. The van der Waals surface area contributed by atoms with E-state index >= 15 is 0 Å². The summed E-state index contributed by atoms with van der Waals surface area (Å²) in [6.07, 6.45) is 2.76. The fraction of sp³-hybridized carbons (Fsp3) is 0.889. The number of aliphatic hydroxyl groups is 1. The van der Waals surface area contributed by atoms with Crippen LogP contribution in [0.1, 0.15) is 33.1 Å². The number of rotatable bonds is 7. The third-order valence-electron chi connectivity index (χ3n) is 1.78. The van der Waals surface area contributed by atoms with Gasteiger partial charge in [0.15, 0.2) is 0 Å². The largest absolute Gasteiger partial charge is 0.480 e. The second kappa shape index (κ2) is 6.27. The van der Waals surface area contributed by atoms with Crippen LogP contribution in [0.5, 0.6) is 0 Å². The van der Waals surface area contributed by atoms with Crippen molar-refractivity contribution in [3.63, 3.8) is 0 Å². The molecule has 0 atom stereocenters. The summed E-state index contributed by atoms with van der Waals surface area (Å²) in [4.78, 5) is 10.7. The van der Waals surface area contributed by atoms with Crippen molar-refractivity contribution in [1.82, 2.24) is 0 Å². The first kappa shape index (κ1) is 12.8. The Morgan fingerprint density at radius 1 is 1.31 bits per heavy atom. The first-order valence-electron chi connectivity index (χ1n) is 4.49. The van der Waals surface area contributed by atoms with Crippen molar-refractivity contribution in [3.05, 3.63) is 0 Å². The second-order valence-corrected chi connectivity index (χ2v) is 5.17. The normalized spacial score (nSPS) is 11.6. The van der Waals surface area contributed by atoms with Gasteiger partial charge in [-0.1, -0.05) is 6.42 Å². The van der Waals surface area contributed by atoms with Gasteiger partial charge in [0.05, 0.1) is 0 Å². The number of carboxylic acids is 1. The molecule has 0 fully saturated rings. The minimum Gasteiger partial charge on any atom is -0.480 e. The van der Waals surface area contributed by atoms with Crippen LogP contribution in [0.4, 0.5) is 0 Å². The Morgan fingerprint density at radius 3 is 2.38 bits per heavy atom. The highest BCUT2D eigenvalue weighted by Gasteiger charge is 2.26. The first-order valence-corrected chi connectivity index (χ1v) is 5.47. The summed E-state index contributed by atoms with van der Waals surface area (Å²) >= 11 is 1.46. The Labute approximate surface area is 83.5 Å². The molecule has 0 aliphatic rings. The summed E-state index contributed by atoms with van der Waals surface area (Å²) in [6.45, 7) is 3.66. The van der Waals surface area contributed by atoms with E-state index in [1.807, 2.05) is 0 Å². The second-order valence-electron chi connectivity index (χ2n) is 3.45. The Bertz CT molecular complexity index is 157. The topological polar surface area (TPSA) is 57.5 Å². The molecule has 0 rings (SSSR count). The SMILES string of the molecule is CC(C)(SCCCCCO)C(=O)O. The minimum atomic E-state index is -0.764. The van der Waals surface area contributed by atoms with E-state index in [2.05, 4.69) is 0 Å². The predicted molar refractivity (Wildman–Crippen MR) is 55.1 cm³/mol. The summed E-state index contributed by atoms with van der Waals surface area (Å²) < 4.78 is -0.681. The molecule has 13 heavy (non-hydrogen) atoms. The van der Waals surface area contributed by atoms with Crippen molar-refractivity contribution < 1.29 is 15.0 Å². The number of aliphatic hydroxyl groups excluding tert-OH is 1. The molecule has 2 N–H and O–H groups in total. The van der Waals surface area contributed by atoms with E-state index < -0.39 is 10.7 Å². The van der Waals surface area contributed by atoms with Crippen molar-refractivity contribution in [1.29, 1.82) is 0 Å². The molecule has 0 radical (unpaired) electrons. The minimum absolute atomic E-state index is 0.229. The number of hydrogen-bond acceptors (Lipinski definition) is 3. The van der Waals surface area contributed by atoms with Gasteiger partial charge in [-0.3, -0.25) is 4.79 Å². The number of thioether (sulfide) groups is 1. The molecule has 0 amide bonds. The Hall–Kier alpha value is -0.220. The molecule has 4 heteroatoms. The van der Waals surface area contributed by atoms with Gasteiger partial charge in [-0.25, -0.2) is 0 Å². The zero-order valence-corrected chi connectivity index (χ0v) is 9.06. The highest BCUT2D eigenvalue weighted by Crippen LogP contribution is 2.25. The number of carbonyl (C=O) groups is 1. The third kappa shape index (κ3) is 5.93. The van der Waals surface area contributed by atoms with Gasteiger partial charge in [-0.15, -0.1) is 11.8 Å². The molecular weight excluding hydrogens is 188 g/mol. The van der Waals surface area contributed by atoms with Crippen LogP contribution in [0, 0.1) is 0 Å². The maximum atomic E-state index is 10.7. The molecule has 0 heterocycles. The van der Waals surface area contributed by atoms with E-state index in [1.165, 1.54) is 11.8 Å². The number of unbranched alkanes of at least 4 members (excludes halogenated alkanes) is 2. The van der Waals surface area contributed by atoms with E-state index in [1.54, 1.807) is 13.8 Å². The molecule has 0 aromatic carbocycles. The fourth-order valence-corrected chi connectivity index (χ4v) is 1.76. The van der Waals surface area contributed by atoms with Crippen LogP contribution in [0.3, 0.4) is 0 Å².